The molecule has 0 bridgehead atoms. The number of aryl methyl sites for hydroxylation is 1. The zero-order chi connectivity index (χ0) is 13.0. The topological polar surface area (TPSA) is 47.6 Å². The van der Waals surface area contributed by atoms with Gasteiger partial charge < -0.3 is 14.8 Å². The Bertz CT molecular complexity index is 432. The van der Waals surface area contributed by atoms with Gasteiger partial charge >= 0.3 is 0 Å². The van der Waals surface area contributed by atoms with Gasteiger partial charge in [-0.1, -0.05) is 11.6 Å². The minimum Gasteiger partial charge on any atom is -0.492 e. The second kappa shape index (κ2) is 5.89. The number of hydrogen-bond acceptors (Lipinski definition) is 4. The van der Waals surface area contributed by atoms with Crippen molar-refractivity contribution in [1.82, 2.24) is 5.32 Å². The van der Waals surface area contributed by atoms with Crippen LogP contribution in [-0.4, -0.2) is 33.6 Å². The lowest BCUT2D eigenvalue weighted by atomic mass is 10.0. The molecule has 5 heteroatoms. The fourth-order valence-corrected chi connectivity index (χ4v) is 2.04. The van der Waals surface area contributed by atoms with Crippen LogP contribution in [0.3, 0.4) is 0 Å². The Morgan fingerprint density at radius 1 is 1.35 bits per heavy atom. The fourth-order valence-electron chi connectivity index (χ4n) is 1.71. The monoisotopic (exact) mass is 257 g/mol. The first-order chi connectivity index (χ1) is 8.06. The summed E-state index contributed by atoms with van der Waals surface area (Å²) in [4.78, 5) is 12.0. The summed E-state index contributed by atoms with van der Waals surface area (Å²) < 4.78 is 10.4. The third kappa shape index (κ3) is 2.70. The van der Waals surface area contributed by atoms with Gasteiger partial charge in [-0.25, -0.2) is 0 Å². The maximum Gasteiger partial charge on any atom is 0.180 e. The number of Topliss-reactive ketones (excluding diaryl/α,β-unsaturated/α-hetero) is 1. The van der Waals surface area contributed by atoms with E-state index in [4.69, 9.17) is 21.1 Å². The van der Waals surface area contributed by atoms with Gasteiger partial charge in [0.2, 0.25) is 0 Å². The van der Waals surface area contributed by atoms with Gasteiger partial charge in [0.25, 0.3) is 0 Å². The van der Waals surface area contributed by atoms with Crippen LogP contribution in [0.4, 0.5) is 0 Å². The molecule has 0 atom stereocenters. The average molecular weight is 258 g/mol. The van der Waals surface area contributed by atoms with Gasteiger partial charge in [-0.15, -0.1) is 0 Å². The Morgan fingerprint density at radius 2 is 1.94 bits per heavy atom. The minimum absolute atomic E-state index is 0.0585. The molecule has 0 amide bonds. The molecule has 0 saturated carbocycles. The van der Waals surface area contributed by atoms with Crippen LogP contribution >= 0.6 is 11.6 Å². The molecule has 0 spiro atoms. The lowest BCUT2D eigenvalue weighted by Gasteiger charge is -2.15. The molecule has 1 aromatic carbocycles. The van der Waals surface area contributed by atoms with E-state index < -0.39 is 0 Å². The van der Waals surface area contributed by atoms with E-state index >= 15 is 0 Å². The van der Waals surface area contributed by atoms with E-state index in [1.54, 1.807) is 13.1 Å². The zero-order valence-corrected chi connectivity index (χ0v) is 11.1. The van der Waals surface area contributed by atoms with Crippen LogP contribution in [0.2, 0.25) is 5.02 Å². The molecule has 0 aliphatic carbocycles. The van der Waals surface area contributed by atoms with Crippen LogP contribution in [0.15, 0.2) is 6.07 Å². The first-order valence-electron chi connectivity index (χ1n) is 5.15. The molecular formula is C12H16ClNO3. The van der Waals surface area contributed by atoms with Crippen LogP contribution in [0.25, 0.3) is 0 Å². The standard InChI is InChI=1S/C12H16ClNO3/c1-7-5-8(13)11(16-3)12(17-4)10(7)9(15)6-14-2/h5,14H,6H2,1-4H3. The summed E-state index contributed by atoms with van der Waals surface area (Å²) in [5, 5.41) is 3.25. The third-order valence-corrected chi connectivity index (χ3v) is 2.69. The first-order valence-corrected chi connectivity index (χ1v) is 5.53. The van der Waals surface area contributed by atoms with Crippen molar-refractivity contribution in [3.05, 3.63) is 22.2 Å². The molecule has 4 nitrogen and oxygen atoms in total. The highest BCUT2D eigenvalue weighted by Gasteiger charge is 2.21. The van der Waals surface area contributed by atoms with Crippen molar-refractivity contribution in [3.63, 3.8) is 0 Å². The van der Waals surface area contributed by atoms with Gasteiger partial charge in [0.1, 0.15) is 0 Å². The summed E-state index contributed by atoms with van der Waals surface area (Å²) in [5.41, 5.74) is 1.27. The van der Waals surface area contributed by atoms with Gasteiger partial charge in [-0.3, -0.25) is 4.79 Å². The molecule has 0 aromatic heterocycles. The van der Waals surface area contributed by atoms with Crippen LogP contribution in [0, 0.1) is 6.92 Å². The molecule has 1 N–H and O–H groups in total. The second-order valence-electron chi connectivity index (χ2n) is 3.57. The minimum atomic E-state index is -0.0585. The third-order valence-electron chi connectivity index (χ3n) is 2.41. The lowest BCUT2D eigenvalue weighted by Crippen LogP contribution is -2.20. The van der Waals surface area contributed by atoms with E-state index in [1.165, 1.54) is 14.2 Å². The summed E-state index contributed by atoms with van der Waals surface area (Å²) in [7, 11) is 4.70. The first kappa shape index (κ1) is 13.8. The number of methoxy groups -OCH3 is 2. The second-order valence-corrected chi connectivity index (χ2v) is 3.98. The Kier molecular flexibility index (Phi) is 4.78. The molecule has 0 heterocycles. The Labute approximate surface area is 106 Å². The molecule has 1 aromatic rings. The van der Waals surface area contributed by atoms with E-state index in [1.807, 2.05) is 6.92 Å². The number of ether oxygens (including phenoxy) is 2. The van der Waals surface area contributed by atoms with Crippen LogP contribution in [-0.2, 0) is 0 Å². The molecule has 0 unspecified atom stereocenters. The van der Waals surface area contributed by atoms with E-state index in [0.29, 0.717) is 22.1 Å². The van der Waals surface area contributed by atoms with Crippen molar-refractivity contribution >= 4 is 17.4 Å². The van der Waals surface area contributed by atoms with Crippen molar-refractivity contribution in [2.75, 3.05) is 27.8 Å². The molecule has 94 valence electrons. The van der Waals surface area contributed by atoms with Crippen molar-refractivity contribution in [3.8, 4) is 11.5 Å². The normalized spacial score (nSPS) is 10.2. The van der Waals surface area contributed by atoms with Crippen molar-refractivity contribution < 1.29 is 14.3 Å². The van der Waals surface area contributed by atoms with Crippen molar-refractivity contribution in [2.45, 2.75) is 6.92 Å². The molecule has 0 radical (unpaired) electrons. The molecule has 0 fully saturated rings. The highest BCUT2D eigenvalue weighted by atomic mass is 35.5. The summed E-state index contributed by atoms with van der Waals surface area (Å²) in [6.45, 7) is 2.05. The number of rotatable bonds is 5. The number of carbonyl (C=O) groups is 1. The number of nitrogens with one attached hydrogen (secondary N) is 1. The highest BCUT2D eigenvalue weighted by Crippen LogP contribution is 2.39. The number of halogens is 1. The fraction of sp³-hybridized carbons (Fsp3) is 0.417. The predicted molar refractivity (Wildman–Crippen MR) is 67.6 cm³/mol. The smallest absolute Gasteiger partial charge is 0.180 e. The van der Waals surface area contributed by atoms with E-state index in [9.17, 15) is 4.79 Å². The highest BCUT2D eigenvalue weighted by molar-refractivity contribution is 6.32. The molecule has 0 saturated heterocycles. The Hall–Kier alpha value is -1.26. The number of benzene rings is 1. The lowest BCUT2D eigenvalue weighted by molar-refractivity contribution is 0.0989. The number of likely N-dealkylation sites (N-methyl/N-ethyl adjacent to an activating group) is 1. The molecule has 0 aliphatic rings. The summed E-state index contributed by atoms with van der Waals surface area (Å²) in [6.07, 6.45) is 0. The van der Waals surface area contributed by atoms with Gasteiger partial charge in [0.05, 0.1) is 31.4 Å². The number of hydrogen-bond donors (Lipinski definition) is 1. The quantitative estimate of drug-likeness (QED) is 0.821. The van der Waals surface area contributed by atoms with Gasteiger partial charge in [0, 0.05) is 0 Å². The summed E-state index contributed by atoms with van der Waals surface area (Å²) >= 11 is 6.04. The van der Waals surface area contributed by atoms with Crippen LogP contribution in [0.5, 0.6) is 11.5 Å². The van der Waals surface area contributed by atoms with Crippen molar-refractivity contribution in [1.29, 1.82) is 0 Å². The largest absolute Gasteiger partial charge is 0.492 e. The molecule has 0 aliphatic heterocycles. The van der Waals surface area contributed by atoms with E-state index in [2.05, 4.69) is 5.32 Å². The van der Waals surface area contributed by atoms with E-state index in [-0.39, 0.29) is 12.3 Å². The van der Waals surface area contributed by atoms with Gasteiger partial charge in [-0.05, 0) is 25.6 Å². The number of carbonyl (C=O) groups excluding carboxylic acids is 1. The summed E-state index contributed by atoms with van der Waals surface area (Å²) in [5.74, 6) is 0.716. The maximum atomic E-state index is 12.0. The maximum absolute atomic E-state index is 12.0. The van der Waals surface area contributed by atoms with Gasteiger partial charge in [-0.2, -0.15) is 0 Å². The molecule has 17 heavy (non-hydrogen) atoms. The molecule has 1 rings (SSSR count). The zero-order valence-electron chi connectivity index (χ0n) is 10.4. The number of ketones is 1. The predicted octanol–water partition coefficient (Wildman–Crippen LogP) is 2.07. The van der Waals surface area contributed by atoms with Crippen molar-refractivity contribution in [2.24, 2.45) is 0 Å². The van der Waals surface area contributed by atoms with E-state index in [0.717, 1.165) is 5.56 Å². The Balaban J connectivity index is 3.41. The molecular weight excluding hydrogens is 242 g/mol. The Morgan fingerprint density at radius 3 is 2.41 bits per heavy atom. The summed E-state index contributed by atoms with van der Waals surface area (Å²) in [6, 6.07) is 1.70. The van der Waals surface area contributed by atoms with Crippen LogP contribution in [0.1, 0.15) is 15.9 Å². The van der Waals surface area contributed by atoms with Gasteiger partial charge in [0.15, 0.2) is 17.3 Å². The SMILES string of the molecule is CNCC(=O)c1c(C)cc(Cl)c(OC)c1OC. The van der Waals surface area contributed by atoms with Crippen LogP contribution < -0.4 is 14.8 Å². The average Bonchev–Trinajstić information content (AvgIpc) is 2.28.